The molecule has 0 aromatic rings. The number of carbonyl (C=O) groups is 1. The van der Waals surface area contributed by atoms with Crippen molar-refractivity contribution in [3.8, 4) is 0 Å². The van der Waals surface area contributed by atoms with Crippen LogP contribution in [0.25, 0.3) is 0 Å². The third kappa shape index (κ3) is 8.89. The topological polar surface area (TPSA) is 71.4 Å². The van der Waals surface area contributed by atoms with Crippen molar-refractivity contribution in [2.24, 2.45) is 5.92 Å². The van der Waals surface area contributed by atoms with Crippen molar-refractivity contribution < 1.29 is 17.8 Å². The third-order valence-electron chi connectivity index (χ3n) is 1.95. The molecule has 0 heterocycles. The highest BCUT2D eigenvalue weighted by molar-refractivity contribution is 8.14. The monoisotopic (exact) mass is 254 g/mol. The Labute approximate surface area is 95.6 Å². The Morgan fingerprint density at radius 3 is 2.33 bits per heavy atom. The Hall–Kier alpha value is -0.0700. The van der Waals surface area contributed by atoms with Crippen LogP contribution in [0, 0.1) is 5.92 Å². The molecule has 0 bridgehead atoms. The number of carbonyl (C=O) groups excluding carboxylic acids is 1. The van der Waals surface area contributed by atoms with E-state index in [-0.39, 0.29) is 22.0 Å². The van der Waals surface area contributed by atoms with Gasteiger partial charge in [0.15, 0.2) is 5.12 Å². The fourth-order valence-corrected chi connectivity index (χ4v) is 3.33. The molecule has 2 atom stereocenters. The van der Waals surface area contributed by atoms with Crippen LogP contribution in [0.4, 0.5) is 0 Å². The highest BCUT2D eigenvalue weighted by atomic mass is 32.2. The standard InChI is InChI=1S/C9H18O4S2/c1-4-9(14-8(3)10)5-7(2)6-15(11,12)13/h7,9H,4-6H2,1-3H3,(H,11,12,13). The van der Waals surface area contributed by atoms with E-state index >= 15 is 0 Å². The average Bonchev–Trinajstić information content (AvgIpc) is 1.98. The molecular weight excluding hydrogens is 236 g/mol. The van der Waals surface area contributed by atoms with Gasteiger partial charge in [-0.1, -0.05) is 25.6 Å². The van der Waals surface area contributed by atoms with Crippen LogP contribution >= 0.6 is 11.8 Å². The zero-order chi connectivity index (χ0) is 12.1. The summed E-state index contributed by atoms with van der Waals surface area (Å²) in [5, 5.41) is 0.181. The Morgan fingerprint density at radius 2 is 2.00 bits per heavy atom. The van der Waals surface area contributed by atoms with Crippen LogP contribution in [-0.4, -0.2) is 29.1 Å². The molecule has 1 N–H and O–H groups in total. The molecule has 0 rings (SSSR count). The van der Waals surface area contributed by atoms with Crippen LogP contribution in [0.15, 0.2) is 0 Å². The van der Waals surface area contributed by atoms with Crippen LogP contribution in [-0.2, 0) is 14.9 Å². The summed E-state index contributed by atoms with van der Waals surface area (Å²) in [5.41, 5.74) is 0. The summed E-state index contributed by atoms with van der Waals surface area (Å²) in [6, 6.07) is 0. The lowest BCUT2D eigenvalue weighted by atomic mass is 10.1. The molecule has 15 heavy (non-hydrogen) atoms. The third-order valence-corrected chi connectivity index (χ3v) is 4.13. The van der Waals surface area contributed by atoms with E-state index in [9.17, 15) is 13.2 Å². The lowest BCUT2D eigenvalue weighted by Gasteiger charge is -2.16. The molecule has 0 aliphatic rings. The van der Waals surface area contributed by atoms with E-state index in [1.54, 1.807) is 6.92 Å². The van der Waals surface area contributed by atoms with Crippen molar-refractivity contribution in [2.45, 2.75) is 38.9 Å². The molecule has 0 radical (unpaired) electrons. The maximum atomic E-state index is 10.9. The maximum absolute atomic E-state index is 10.9. The highest BCUT2D eigenvalue weighted by Crippen LogP contribution is 2.23. The van der Waals surface area contributed by atoms with Gasteiger partial charge in [-0.05, 0) is 18.8 Å². The lowest BCUT2D eigenvalue weighted by Crippen LogP contribution is -2.17. The highest BCUT2D eigenvalue weighted by Gasteiger charge is 2.18. The summed E-state index contributed by atoms with van der Waals surface area (Å²) < 4.78 is 29.9. The van der Waals surface area contributed by atoms with Gasteiger partial charge in [-0.15, -0.1) is 0 Å². The minimum absolute atomic E-state index is 0.0425. The van der Waals surface area contributed by atoms with Crippen molar-refractivity contribution in [3.05, 3.63) is 0 Å². The molecule has 0 aromatic heterocycles. The van der Waals surface area contributed by atoms with Crippen LogP contribution in [0.3, 0.4) is 0 Å². The van der Waals surface area contributed by atoms with Crippen molar-refractivity contribution in [1.29, 1.82) is 0 Å². The van der Waals surface area contributed by atoms with Crippen molar-refractivity contribution in [1.82, 2.24) is 0 Å². The largest absolute Gasteiger partial charge is 0.288 e. The number of rotatable bonds is 6. The second-order valence-electron chi connectivity index (χ2n) is 3.73. The van der Waals surface area contributed by atoms with Gasteiger partial charge >= 0.3 is 0 Å². The summed E-state index contributed by atoms with van der Waals surface area (Å²) in [6.45, 7) is 5.22. The first-order chi connectivity index (χ1) is 6.74. The summed E-state index contributed by atoms with van der Waals surface area (Å²) in [7, 11) is -3.90. The molecular formula is C9H18O4S2. The van der Waals surface area contributed by atoms with E-state index in [0.29, 0.717) is 6.42 Å². The van der Waals surface area contributed by atoms with Crippen molar-refractivity contribution >= 4 is 27.0 Å². The minimum Gasteiger partial charge on any atom is -0.288 e. The second kappa shape index (κ2) is 6.50. The van der Waals surface area contributed by atoms with E-state index in [2.05, 4.69) is 0 Å². The van der Waals surface area contributed by atoms with Crippen molar-refractivity contribution in [2.75, 3.05) is 5.75 Å². The van der Waals surface area contributed by atoms with E-state index in [1.807, 2.05) is 6.92 Å². The van der Waals surface area contributed by atoms with E-state index in [0.717, 1.165) is 6.42 Å². The van der Waals surface area contributed by atoms with E-state index in [1.165, 1.54) is 18.7 Å². The molecule has 0 spiro atoms. The van der Waals surface area contributed by atoms with Crippen LogP contribution in [0.2, 0.25) is 0 Å². The normalized spacial score (nSPS) is 16.0. The van der Waals surface area contributed by atoms with Gasteiger partial charge in [-0.3, -0.25) is 9.35 Å². The quantitative estimate of drug-likeness (QED) is 0.734. The molecule has 0 fully saturated rings. The Bertz CT molecular complexity index is 297. The fraction of sp³-hybridized carbons (Fsp3) is 0.889. The molecule has 90 valence electrons. The van der Waals surface area contributed by atoms with Gasteiger partial charge in [0.25, 0.3) is 10.1 Å². The number of hydrogen-bond acceptors (Lipinski definition) is 4. The average molecular weight is 254 g/mol. The Balaban J connectivity index is 4.12. The summed E-state index contributed by atoms with van der Waals surface area (Å²) >= 11 is 1.24. The molecule has 0 amide bonds. The molecule has 6 heteroatoms. The number of thioether (sulfide) groups is 1. The molecule has 0 aromatic carbocycles. The van der Waals surface area contributed by atoms with Gasteiger partial charge in [0.2, 0.25) is 0 Å². The summed E-state index contributed by atoms with van der Waals surface area (Å²) in [5.74, 6) is -0.362. The predicted molar refractivity (Wildman–Crippen MR) is 62.5 cm³/mol. The van der Waals surface area contributed by atoms with Gasteiger partial charge < -0.3 is 0 Å². The van der Waals surface area contributed by atoms with E-state index < -0.39 is 10.1 Å². The summed E-state index contributed by atoms with van der Waals surface area (Å²) in [4.78, 5) is 10.9. The van der Waals surface area contributed by atoms with Gasteiger partial charge in [0.05, 0.1) is 5.75 Å². The Morgan fingerprint density at radius 1 is 1.47 bits per heavy atom. The Kier molecular flexibility index (Phi) is 6.47. The molecule has 0 aliphatic heterocycles. The molecule has 4 nitrogen and oxygen atoms in total. The summed E-state index contributed by atoms with van der Waals surface area (Å²) in [6.07, 6.45) is 1.45. The minimum atomic E-state index is -3.90. The van der Waals surface area contributed by atoms with Crippen molar-refractivity contribution in [3.63, 3.8) is 0 Å². The lowest BCUT2D eigenvalue weighted by molar-refractivity contribution is -0.109. The molecule has 0 saturated carbocycles. The first-order valence-corrected chi connectivity index (χ1v) is 7.35. The van der Waals surface area contributed by atoms with Crippen LogP contribution in [0.1, 0.15) is 33.6 Å². The van der Waals surface area contributed by atoms with Gasteiger partial charge in [-0.2, -0.15) is 8.42 Å². The molecule has 0 aliphatic carbocycles. The number of hydrogen-bond donors (Lipinski definition) is 1. The van der Waals surface area contributed by atoms with Gasteiger partial charge in [-0.25, -0.2) is 0 Å². The molecule has 2 unspecified atom stereocenters. The van der Waals surface area contributed by atoms with E-state index in [4.69, 9.17) is 4.55 Å². The maximum Gasteiger partial charge on any atom is 0.265 e. The smallest absolute Gasteiger partial charge is 0.265 e. The van der Waals surface area contributed by atoms with Gasteiger partial charge in [0, 0.05) is 12.2 Å². The molecule has 0 saturated heterocycles. The first kappa shape index (κ1) is 14.9. The van der Waals surface area contributed by atoms with Crippen LogP contribution in [0.5, 0.6) is 0 Å². The fourth-order valence-electron chi connectivity index (χ4n) is 1.41. The second-order valence-corrected chi connectivity index (χ2v) is 6.70. The first-order valence-electron chi connectivity index (χ1n) is 4.87. The SMILES string of the molecule is CCC(CC(C)CS(=O)(=O)O)SC(C)=O. The predicted octanol–water partition coefficient (Wildman–Crippen LogP) is 1.96. The zero-order valence-corrected chi connectivity index (χ0v) is 10.9. The van der Waals surface area contributed by atoms with Gasteiger partial charge in [0.1, 0.15) is 0 Å². The van der Waals surface area contributed by atoms with Crippen LogP contribution < -0.4 is 0 Å². The zero-order valence-electron chi connectivity index (χ0n) is 9.26.